The monoisotopic (exact) mass is 500 g/mol. The van der Waals surface area contributed by atoms with E-state index in [1.165, 1.54) is 0 Å². The summed E-state index contributed by atoms with van der Waals surface area (Å²) in [7, 11) is 0. The van der Waals surface area contributed by atoms with Gasteiger partial charge in [0.05, 0.1) is 0 Å². The molecule has 2 aliphatic rings. The normalized spacial score (nSPS) is 21.5. The van der Waals surface area contributed by atoms with Crippen LogP contribution in [-0.2, 0) is 16.9 Å². The van der Waals surface area contributed by atoms with Gasteiger partial charge in [0.25, 0.3) is 5.60 Å². The second-order valence-corrected chi connectivity index (χ2v) is 9.44. The Morgan fingerprint density at radius 3 is 1.94 bits per heavy atom. The number of hydrogen-bond acceptors (Lipinski definition) is 3. The number of carbonyl (C=O) groups excluding carboxylic acids is 1. The van der Waals surface area contributed by atoms with E-state index in [0.29, 0.717) is 29.8 Å². The second kappa shape index (κ2) is 8.81. The lowest BCUT2D eigenvalue weighted by Crippen LogP contribution is -2.54. The Morgan fingerprint density at radius 2 is 1.49 bits per heavy atom. The van der Waals surface area contributed by atoms with Gasteiger partial charge < -0.3 is 10.0 Å². The number of rotatable bonds is 4. The van der Waals surface area contributed by atoms with E-state index in [1.807, 2.05) is 24.0 Å². The number of benzene rings is 2. The molecule has 2 fully saturated rings. The molecular weight excluding hydrogens is 474 g/mol. The lowest BCUT2D eigenvalue weighted by Gasteiger charge is -2.40. The molecule has 2 heterocycles. The molecular formula is C25H26F6N2O2. The summed E-state index contributed by atoms with van der Waals surface area (Å²) < 4.78 is 78.8. The standard InChI is InChI=1S/C25H26F6N2O2/c1-15-11-17(12-32-13-20-8-9-21(14-32)33(20)16(2)34)3-10-22(15)18-4-6-19(7-5-18)23(35,24(26,27)28)25(29,30)31/h3-7,10-11,20-21,35H,8-9,12-14H2,1-2H3. The first-order valence-electron chi connectivity index (χ1n) is 11.3. The maximum absolute atomic E-state index is 13.1. The maximum atomic E-state index is 13.1. The first-order valence-corrected chi connectivity index (χ1v) is 11.3. The van der Waals surface area contributed by atoms with Crippen LogP contribution in [-0.4, -0.2) is 58.3 Å². The summed E-state index contributed by atoms with van der Waals surface area (Å²) in [6, 6.07) is 9.69. The van der Waals surface area contributed by atoms with Crippen LogP contribution < -0.4 is 0 Å². The molecule has 190 valence electrons. The fourth-order valence-corrected chi connectivity index (χ4v) is 5.42. The van der Waals surface area contributed by atoms with Crippen molar-refractivity contribution in [3.8, 4) is 11.1 Å². The zero-order valence-electron chi connectivity index (χ0n) is 19.2. The lowest BCUT2D eigenvalue weighted by atomic mass is 9.90. The minimum absolute atomic E-state index is 0.104. The third kappa shape index (κ3) is 4.53. The SMILES string of the molecule is CC(=O)N1C2CCC1CN(Cc1ccc(-c3ccc(C(O)(C(F)(F)F)C(F)(F)F)cc3)c(C)c1)C2. The lowest BCUT2D eigenvalue weighted by molar-refractivity contribution is -0.376. The molecule has 4 nitrogen and oxygen atoms in total. The molecule has 2 bridgehead atoms. The topological polar surface area (TPSA) is 43.8 Å². The largest absolute Gasteiger partial charge is 0.430 e. The minimum Gasteiger partial charge on any atom is -0.369 e. The minimum atomic E-state index is -5.92. The average molecular weight is 500 g/mol. The molecule has 0 aliphatic carbocycles. The first-order chi connectivity index (χ1) is 16.2. The summed E-state index contributed by atoms with van der Waals surface area (Å²) in [5, 5.41) is 9.58. The fraction of sp³-hybridized carbons (Fsp3) is 0.480. The number of fused-ring (bicyclic) bond motifs is 2. The van der Waals surface area contributed by atoms with Gasteiger partial charge in [-0.15, -0.1) is 0 Å². The van der Waals surface area contributed by atoms with Crippen molar-refractivity contribution < 1.29 is 36.2 Å². The van der Waals surface area contributed by atoms with E-state index in [1.54, 1.807) is 13.0 Å². The van der Waals surface area contributed by atoms with Crippen molar-refractivity contribution in [1.82, 2.24) is 9.80 Å². The van der Waals surface area contributed by atoms with Crippen molar-refractivity contribution in [3.63, 3.8) is 0 Å². The van der Waals surface area contributed by atoms with Crippen LogP contribution in [0.2, 0.25) is 0 Å². The number of aliphatic hydroxyl groups is 1. The van der Waals surface area contributed by atoms with Crippen molar-refractivity contribution in [3.05, 3.63) is 59.2 Å². The second-order valence-electron chi connectivity index (χ2n) is 9.44. The highest BCUT2D eigenvalue weighted by atomic mass is 19.4. The van der Waals surface area contributed by atoms with E-state index >= 15 is 0 Å². The molecule has 2 aromatic carbocycles. The Labute approximate surface area is 199 Å². The molecule has 2 unspecified atom stereocenters. The number of likely N-dealkylation sites (tertiary alicyclic amines) is 1. The molecule has 10 heteroatoms. The molecule has 0 aromatic heterocycles. The summed E-state index contributed by atoms with van der Waals surface area (Å²) in [6.07, 6.45) is -9.85. The Kier molecular flexibility index (Phi) is 6.42. The quantitative estimate of drug-likeness (QED) is 0.590. The predicted octanol–water partition coefficient (Wildman–Crippen LogP) is 5.17. The van der Waals surface area contributed by atoms with Gasteiger partial charge in [-0.05, 0) is 42.0 Å². The van der Waals surface area contributed by atoms with Crippen LogP contribution in [0.3, 0.4) is 0 Å². The van der Waals surface area contributed by atoms with Gasteiger partial charge in [-0.25, -0.2) is 0 Å². The Bertz CT molecular complexity index is 1070. The van der Waals surface area contributed by atoms with E-state index in [0.717, 1.165) is 49.2 Å². The van der Waals surface area contributed by atoms with Crippen LogP contribution in [0.5, 0.6) is 0 Å². The molecule has 2 atom stereocenters. The fourth-order valence-electron chi connectivity index (χ4n) is 5.42. The van der Waals surface area contributed by atoms with E-state index in [4.69, 9.17) is 0 Å². The number of piperazine rings is 1. The molecule has 1 amide bonds. The number of alkyl halides is 6. The molecule has 0 spiro atoms. The summed E-state index contributed by atoms with van der Waals surface area (Å²) >= 11 is 0. The highest BCUT2D eigenvalue weighted by Crippen LogP contribution is 2.50. The molecule has 35 heavy (non-hydrogen) atoms. The summed E-state index contributed by atoms with van der Waals surface area (Å²) in [5.41, 5.74) is -3.26. The van der Waals surface area contributed by atoms with E-state index < -0.39 is 23.5 Å². The maximum Gasteiger partial charge on any atom is 0.430 e. The zero-order valence-corrected chi connectivity index (χ0v) is 19.2. The highest BCUT2D eigenvalue weighted by molar-refractivity contribution is 5.74. The van der Waals surface area contributed by atoms with Gasteiger partial charge in [0, 0.05) is 44.2 Å². The van der Waals surface area contributed by atoms with Gasteiger partial charge in [0.15, 0.2) is 0 Å². The van der Waals surface area contributed by atoms with E-state index in [9.17, 15) is 36.2 Å². The third-order valence-electron chi connectivity index (χ3n) is 7.05. The molecule has 0 saturated carbocycles. The summed E-state index contributed by atoms with van der Waals surface area (Å²) in [6.45, 7) is 5.69. The van der Waals surface area contributed by atoms with Crippen molar-refractivity contribution in [2.45, 2.75) is 63.3 Å². The predicted molar refractivity (Wildman–Crippen MR) is 117 cm³/mol. The Hall–Kier alpha value is -2.59. The Balaban J connectivity index is 1.51. The van der Waals surface area contributed by atoms with Gasteiger partial charge >= 0.3 is 12.4 Å². The third-order valence-corrected chi connectivity index (χ3v) is 7.05. The van der Waals surface area contributed by atoms with Crippen molar-refractivity contribution >= 4 is 5.91 Å². The highest BCUT2D eigenvalue weighted by Gasteiger charge is 2.71. The molecule has 1 N–H and O–H groups in total. The summed E-state index contributed by atoms with van der Waals surface area (Å²) in [5.74, 6) is 0.104. The smallest absolute Gasteiger partial charge is 0.369 e. The number of halogens is 6. The van der Waals surface area contributed by atoms with Gasteiger partial charge in [-0.3, -0.25) is 9.69 Å². The average Bonchev–Trinajstić information content (AvgIpc) is 3.03. The Morgan fingerprint density at radius 1 is 0.943 bits per heavy atom. The number of aryl methyl sites for hydroxylation is 1. The van der Waals surface area contributed by atoms with E-state index in [2.05, 4.69) is 4.90 Å². The van der Waals surface area contributed by atoms with E-state index in [-0.39, 0.29) is 18.0 Å². The van der Waals surface area contributed by atoms with Crippen LogP contribution in [0.15, 0.2) is 42.5 Å². The van der Waals surface area contributed by atoms with Crippen LogP contribution in [0.25, 0.3) is 11.1 Å². The first kappa shape index (κ1) is 25.5. The molecule has 2 aromatic rings. The van der Waals surface area contributed by atoms with Crippen molar-refractivity contribution in [2.75, 3.05) is 13.1 Å². The number of carbonyl (C=O) groups is 1. The van der Waals surface area contributed by atoms with Crippen molar-refractivity contribution in [2.24, 2.45) is 0 Å². The number of nitrogens with zero attached hydrogens (tertiary/aromatic N) is 2. The van der Waals surface area contributed by atoms with Crippen LogP contribution in [0.1, 0.15) is 36.5 Å². The number of hydrogen-bond donors (Lipinski definition) is 1. The molecule has 0 radical (unpaired) electrons. The van der Waals surface area contributed by atoms with Crippen LogP contribution >= 0.6 is 0 Å². The molecule has 2 aliphatic heterocycles. The van der Waals surface area contributed by atoms with Gasteiger partial charge in [0.2, 0.25) is 5.91 Å². The zero-order chi connectivity index (χ0) is 25.8. The van der Waals surface area contributed by atoms with Gasteiger partial charge in [-0.1, -0.05) is 42.5 Å². The number of amides is 1. The van der Waals surface area contributed by atoms with Gasteiger partial charge in [0.1, 0.15) is 0 Å². The van der Waals surface area contributed by atoms with Crippen LogP contribution in [0.4, 0.5) is 26.3 Å². The summed E-state index contributed by atoms with van der Waals surface area (Å²) in [4.78, 5) is 16.2. The van der Waals surface area contributed by atoms with Gasteiger partial charge in [-0.2, -0.15) is 26.3 Å². The molecule has 2 saturated heterocycles. The van der Waals surface area contributed by atoms with Crippen molar-refractivity contribution in [1.29, 1.82) is 0 Å². The van der Waals surface area contributed by atoms with Crippen LogP contribution in [0, 0.1) is 6.92 Å². The molecule has 4 rings (SSSR count).